The Balaban J connectivity index is 1.54. The lowest BCUT2D eigenvalue weighted by Gasteiger charge is -2.14. The first-order valence-electron chi connectivity index (χ1n) is 9.96. The highest BCUT2D eigenvalue weighted by atomic mass is 35.5. The van der Waals surface area contributed by atoms with Gasteiger partial charge in [0.1, 0.15) is 4.83 Å². The minimum absolute atomic E-state index is 0.0197. The molecule has 0 saturated carbocycles. The third-order valence-corrected chi connectivity index (χ3v) is 7.18. The average Bonchev–Trinajstić information content (AvgIpc) is 3.19. The number of H-pyrrole nitrogens is 1. The predicted octanol–water partition coefficient (Wildman–Crippen LogP) is 6.75. The van der Waals surface area contributed by atoms with Crippen LogP contribution >= 0.6 is 34.7 Å². The molecule has 0 radical (unpaired) electrons. The van der Waals surface area contributed by atoms with E-state index < -0.39 is 22.9 Å². The number of amides is 1. The molecule has 1 unspecified atom stereocenters. The van der Waals surface area contributed by atoms with Gasteiger partial charge in [-0.1, -0.05) is 53.2 Å². The van der Waals surface area contributed by atoms with Gasteiger partial charge in [-0.15, -0.1) is 11.3 Å². The Hall–Kier alpha value is -2.82. The SMILES string of the molecule is Cc1ccc(-c2csc3nc(SC(C)C(=O)Nc4cc(C(F)(F)F)ccc4Cl)[nH]c(=O)c23)cc1. The number of thioether (sulfide) groups is 1. The van der Waals surface area contributed by atoms with Crippen LogP contribution in [-0.4, -0.2) is 21.1 Å². The van der Waals surface area contributed by atoms with Gasteiger partial charge in [0, 0.05) is 10.9 Å². The number of thiophene rings is 1. The number of nitrogens with zero attached hydrogens (tertiary/aromatic N) is 1. The van der Waals surface area contributed by atoms with Crippen LogP contribution in [0.2, 0.25) is 5.02 Å². The lowest BCUT2D eigenvalue weighted by Crippen LogP contribution is -2.23. The monoisotopic (exact) mass is 523 g/mol. The van der Waals surface area contributed by atoms with E-state index in [2.05, 4.69) is 15.3 Å². The second-order valence-electron chi connectivity index (χ2n) is 7.51. The van der Waals surface area contributed by atoms with Crippen LogP contribution < -0.4 is 10.9 Å². The van der Waals surface area contributed by atoms with Crippen LogP contribution in [0.5, 0.6) is 0 Å². The highest BCUT2D eigenvalue weighted by Gasteiger charge is 2.31. The van der Waals surface area contributed by atoms with Gasteiger partial charge in [-0.2, -0.15) is 13.2 Å². The zero-order valence-electron chi connectivity index (χ0n) is 17.8. The molecular formula is C23H17ClF3N3O2S2. The fourth-order valence-corrected chi connectivity index (χ4v) is 5.15. The Bertz CT molecular complexity index is 1430. The van der Waals surface area contributed by atoms with E-state index in [0.29, 0.717) is 10.2 Å². The summed E-state index contributed by atoms with van der Waals surface area (Å²) in [5.41, 5.74) is 1.37. The summed E-state index contributed by atoms with van der Waals surface area (Å²) in [5, 5.41) is 4.17. The quantitative estimate of drug-likeness (QED) is 0.224. The third-order valence-electron chi connectivity index (χ3n) is 4.99. The minimum Gasteiger partial charge on any atom is -0.324 e. The first-order valence-corrected chi connectivity index (χ1v) is 12.1. The van der Waals surface area contributed by atoms with Crippen LogP contribution in [0.3, 0.4) is 0 Å². The molecule has 2 aromatic heterocycles. The van der Waals surface area contributed by atoms with Gasteiger partial charge in [0.15, 0.2) is 5.16 Å². The predicted molar refractivity (Wildman–Crippen MR) is 131 cm³/mol. The smallest absolute Gasteiger partial charge is 0.324 e. The summed E-state index contributed by atoms with van der Waals surface area (Å²) in [4.78, 5) is 33.1. The van der Waals surface area contributed by atoms with Crippen LogP contribution in [-0.2, 0) is 11.0 Å². The normalized spacial score (nSPS) is 12.6. The zero-order valence-corrected chi connectivity index (χ0v) is 20.2. The Morgan fingerprint density at radius 3 is 2.59 bits per heavy atom. The third kappa shape index (κ3) is 5.13. The van der Waals surface area contributed by atoms with Gasteiger partial charge in [-0.05, 0) is 37.6 Å². The van der Waals surface area contributed by atoms with Crippen molar-refractivity contribution < 1.29 is 18.0 Å². The first-order chi connectivity index (χ1) is 16.0. The summed E-state index contributed by atoms with van der Waals surface area (Å²) >= 11 is 8.26. The average molecular weight is 524 g/mol. The molecule has 0 bridgehead atoms. The minimum atomic E-state index is -4.57. The summed E-state index contributed by atoms with van der Waals surface area (Å²) < 4.78 is 38.9. The number of aryl methyl sites for hydroxylation is 1. The molecule has 2 aromatic carbocycles. The topological polar surface area (TPSA) is 74.8 Å². The van der Waals surface area contributed by atoms with Crippen molar-refractivity contribution in [2.45, 2.75) is 30.4 Å². The molecule has 2 heterocycles. The van der Waals surface area contributed by atoms with Gasteiger partial charge in [-0.3, -0.25) is 9.59 Å². The molecule has 0 aliphatic heterocycles. The fraction of sp³-hybridized carbons (Fsp3) is 0.174. The number of halogens is 4. The summed E-state index contributed by atoms with van der Waals surface area (Å²) in [6.07, 6.45) is -4.57. The zero-order chi connectivity index (χ0) is 24.6. The summed E-state index contributed by atoms with van der Waals surface area (Å²) in [6, 6.07) is 10.5. The Labute approximate surface area is 205 Å². The molecule has 1 atom stereocenters. The molecule has 11 heteroatoms. The molecule has 34 heavy (non-hydrogen) atoms. The van der Waals surface area contributed by atoms with Crippen molar-refractivity contribution in [3.05, 3.63) is 74.3 Å². The van der Waals surface area contributed by atoms with Crippen LogP contribution in [0.15, 0.2) is 57.8 Å². The van der Waals surface area contributed by atoms with E-state index in [1.165, 1.54) is 11.3 Å². The van der Waals surface area contributed by atoms with Crippen molar-refractivity contribution >= 4 is 56.5 Å². The number of anilines is 1. The molecule has 2 N–H and O–H groups in total. The van der Waals surface area contributed by atoms with Gasteiger partial charge >= 0.3 is 6.18 Å². The number of nitrogens with one attached hydrogen (secondary N) is 2. The summed E-state index contributed by atoms with van der Waals surface area (Å²) in [7, 11) is 0. The van der Waals surface area contributed by atoms with Crippen LogP contribution in [0.25, 0.3) is 21.3 Å². The van der Waals surface area contributed by atoms with E-state index in [1.54, 1.807) is 6.92 Å². The lowest BCUT2D eigenvalue weighted by atomic mass is 10.1. The number of aromatic amines is 1. The molecule has 4 aromatic rings. The number of hydrogen-bond acceptors (Lipinski definition) is 5. The number of alkyl halides is 3. The van der Waals surface area contributed by atoms with Gasteiger partial charge in [-0.25, -0.2) is 4.98 Å². The molecule has 0 saturated heterocycles. The summed E-state index contributed by atoms with van der Waals surface area (Å²) in [5.74, 6) is -0.583. The lowest BCUT2D eigenvalue weighted by molar-refractivity contribution is -0.137. The number of rotatable bonds is 5. The number of carbonyl (C=O) groups is 1. The van der Waals surface area contributed by atoms with E-state index >= 15 is 0 Å². The van der Waals surface area contributed by atoms with Gasteiger partial charge in [0.05, 0.1) is 26.9 Å². The maximum atomic E-state index is 13.0. The second kappa shape index (κ2) is 9.44. The number of hydrogen-bond donors (Lipinski definition) is 2. The Morgan fingerprint density at radius 2 is 1.91 bits per heavy atom. The molecule has 0 spiro atoms. The van der Waals surface area contributed by atoms with E-state index in [1.807, 2.05) is 36.6 Å². The van der Waals surface area contributed by atoms with Crippen molar-refractivity contribution in [2.24, 2.45) is 0 Å². The van der Waals surface area contributed by atoms with Crippen molar-refractivity contribution in [3.8, 4) is 11.1 Å². The highest BCUT2D eigenvalue weighted by molar-refractivity contribution is 8.00. The maximum absolute atomic E-state index is 13.0. The first kappa shape index (κ1) is 24.3. The Kier molecular flexibility index (Phi) is 6.75. The van der Waals surface area contributed by atoms with Crippen molar-refractivity contribution in [1.82, 2.24) is 9.97 Å². The largest absolute Gasteiger partial charge is 0.416 e. The molecule has 1 amide bonds. The van der Waals surface area contributed by atoms with Gasteiger partial charge in [0.2, 0.25) is 5.91 Å². The molecule has 0 aliphatic rings. The number of aromatic nitrogens is 2. The second-order valence-corrected chi connectivity index (χ2v) is 10.1. The van der Waals surface area contributed by atoms with Crippen LogP contribution in [0.1, 0.15) is 18.1 Å². The van der Waals surface area contributed by atoms with E-state index in [4.69, 9.17) is 11.6 Å². The fourth-order valence-electron chi connectivity index (χ4n) is 3.18. The molecule has 176 valence electrons. The summed E-state index contributed by atoms with van der Waals surface area (Å²) in [6.45, 7) is 3.53. The molecule has 4 rings (SSSR count). The van der Waals surface area contributed by atoms with Gasteiger partial charge < -0.3 is 10.3 Å². The van der Waals surface area contributed by atoms with Crippen molar-refractivity contribution in [2.75, 3.05) is 5.32 Å². The van der Waals surface area contributed by atoms with Crippen LogP contribution in [0.4, 0.5) is 18.9 Å². The Morgan fingerprint density at radius 1 is 1.21 bits per heavy atom. The number of benzene rings is 2. The molecule has 0 aliphatic carbocycles. The maximum Gasteiger partial charge on any atom is 0.416 e. The van der Waals surface area contributed by atoms with E-state index in [0.717, 1.165) is 46.7 Å². The molecular weight excluding hydrogens is 507 g/mol. The molecule has 5 nitrogen and oxygen atoms in total. The van der Waals surface area contributed by atoms with E-state index in [9.17, 15) is 22.8 Å². The number of carbonyl (C=O) groups excluding carboxylic acids is 1. The number of fused-ring (bicyclic) bond motifs is 1. The van der Waals surface area contributed by atoms with E-state index in [-0.39, 0.29) is 21.4 Å². The van der Waals surface area contributed by atoms with Crippen molar-refractivity contribution in [1.29, 1.82) is 0 Å². The van der Waals surface area contributed by atoms with Crippen LogP contribution in [0, 0.1) is 6.92 Å². The van der Waals surface area contributed by atoms with Gasteiger partial charge in [0.25, 0.3) is 5.56 Å². The highest BCUT2D eigenvalue weighted by Crippen LogP contribution is 2.35. The molecule has 0 fully saturated rings. The standard InChI is InChI=1S/C23H17ClF3N3O2S2/c1-11-3-5-13(6-4-11)15-10-33-21-18(15)20(32)29-22(30-21)34-12(2)19(31)28-17-9-14(23(25,26)27)7-8-16(17)24/h3-10,12H,1-2H3,(H,28,31)(H,29,30,32). The van der Waals surface area contributed by atoms with Crippen molar-refractivity contribution in [3.63, 3.8) is 0 Å².